The van der Waals surface area contributed by atoms with E-state index in [1.54, 1.807) is 0 Å². The van der Waals surface area contributed by atoms with Gasteiger partial charge in [-0.15, -0.1) is 12.3 Å². The van der Waals surface area contributed by atoms with Crippen LogP contribution in [0.2, 0.25) is 0 Å². The summed E-state index contributed by atoms with van der Waals surface area (Å²) in [6.45, 7) is 3.35. The molecule has 0 aliphatic carbocycles. The lowest BCUT2D eigenvalue weighted by Crippen LogP contribution is -2.39. The molecule has 0 aromatic carbocycles. The Morgan fingerprint density at radius 2 is 1.39 bits per heavy atom. The summed E-state index contributed by atoms with van der Waals surface area (Å²) in [5, 5.41) is 12.7. The van der Waals surface area contributed by atoms with Crippen molar-refractivity contribution in [2.45, 2.75) is 109 Å². The van der Waals surface area contributed by atoms with E-state index >= 15 is 0 Å². The molecule has 2 atom stereocenters. The number of unbranched alkanes of at least 4 members (excludes halogenated alkanes) is 11. The molecule has 2 N–H and O–H groups in total. The van der Waals surface area contributed by atoms with Crippen molar-refractivity contribution in [2.24, 2.45) is 0 Å². The van der Waals surface area contributed by atoms with Gasteiger partial charge in [0.2, 0.25) is 5.91 Å². The molecule has 3 nitrogen and oxygen atoms in total. The lowest BCUT2D eigenvalue weighted by Gasteiger charge is -2.19. The average Bonchev–Trinajstić information content (AvgIpc) is 2.51. The number of amides is 1. The number of nitrogens with one attached hydrogen (secondary N) is 1. The maximum absolute atomic E-state index is 10.9. The van der Waals surface area contributed by atoms with Crippen LogP contribution in [0.1, 0.15) is 97.3 Å². The summed E-state index contributed by atoms with van der Waals surface area (Å²) in [7, 11) is 0. The van der Waals surface area contributed by atoms with Crippen LogP contribution in [0.15, 0.2) is 0 Å². The molecule has 0 aliphatic rings. The van der Waals surface area contributed by atoms with E-state index in [2.05, 4.69) is 11.2 Å². The van der Waals surface area contributed by atoms with Crippen molar-refractivity contribution in [1.29, 1.82) is 0 Å². The van der Waals surface area contributed by atoms with Crippen molar-refractivity contribution < 1.29 is 9.90 Å². The molecule has 0 heterocycles. The van der Waals surface area contributed by atoms with Crippen LogP contribution < -0.4 is 5.32 Å². The van der Waals surface area contributed by atoms with E-state index in [9.17, 15) is 9.90 Å². The summed E-state index contributed by atoms with van der Waals surface area (Å²) in [5.74, 6) is 2.61. The maximum Gasteiger partial charge on any atom is 0.217 e. The van der Waals surface area contributed by atoms with Gasteiger partial charge in [-0.2, -0.15) is 0 Å². The first-order valence-corrected chi connectivity index (χ1v) is 9.46. The zero-order valence-electron chi connectivity index (χ0n) is 15.3. The minimum absolute atomic E-state index is 0.0763. The number of terminal acetylenes is 1. The van der Waals surface area contributed by atoms with E-state index < -0.39 is 6.10 Å². The summed E-state index contributed by atoms with van der Waals surface area (Å²) >= 11 is 0. The Balaban J connectivity index is 3.24. The van der Waals surface area contributed by atoms with Gasteiger partial charge in [-0.1, -0.05) is 64.2 Å². The molecule has 0 radical (unpaired) electrons. The number of aliphatic hydroxyl groups excluding tert-OH is 1. The Morgan fingerprint density at radius 1 is 0.957 bits per heavy atom. The van der Waals surface area contributed by atoms with Crippen LogP contribution in [0.5, 0.6) is 0 Å². The lowest BCUT2D eigenvalue weighted by molar-refractivity contribution is -0.120. The van der Waals surface area contributed by atoms with Crippen molar-refractivity contribution in [2.75, 3.05) is 0 Å². The van der Waals surface area contributed by atoms with Crippen molar-refractivity contribution in [3.63, 3.8) is 0 Å². The van der Waals surface area contributed by atoms with Crippen LogP contribution >= 0.6 is 0 Å². The van der Waals surface area contributed by atoms with Crippen molar-refractivity contribution in [3.8, 4) is 12.3 Å². The standard InChI is InChI=1S/C20H37NO2/c1-4-5-6-7-8-9-10-11-12-13-14-15-16-17-20(23)18(2)21-19(3)22/h1,18,20,23H,5-17H2,2-3H3,(H,21,22). The van der Waals surface area contributed by atoms with Gasteiger partial charge in [0.15, 0.2) is 0 Å². The van der Waals surface area contributed by atoms with Crippen LogP contribution in [0.4, 0.5) is 0 Å². The first-order chi connectivity index (χ1) is 11.1. The summed E-state index contributed by atoms with van der Waals surface area (Å²) in [5.41, 5.74) is 0. The Morgan fingerprint density at radius 3 is 1.83 bits per heavy atom. The second kappa shape index (κ2) is 15.9. The highest BCUT2D eigenvalue weighted by Crippen LogP contribution is 2.13. The van der Waals surface area contributed by atoms with Gasteiger partial charge in [0.05, 0.1) is 12.1 Å². The molecule has 0 saturated heterocycles. The molecule has 2 unspecified atom stereocenters. The maximum atomic E-state index is 10.9. The van der Waals surface area contributed by atoms with Gasteiger partial charge >= 0.3 is 0 Å². The lowest BCUT2D eigenvalue weighted by atomic mass is 10.0. The number of rotatable bonds is 15. The van der Waals surface area contributed by atoms with Crippen LogP contribution in [0, 0.1) is 12.3 Å². The number of hydrogen-bond acceptors (Lipinski definition) is 2. The molecule has 134 valence electrons. The van der Waals surface area contributed by atoms with Gasteiger partial charge in [0.1, 0.15) is 0 Å². The molecular weight excluding hydrogens is 286 g/mol. The van der Waals surface area contributed by atoms with Gasteiger partial charge in [0.25, 0.3) is 0 Å². The topological polar surface area (TPSA) is 49.3 Å². The average molecular weight is 324 g/mol. The van der Waals surface area contributed by atoms with Crippen molar-refractivity contribution in [1.82, 2.24) is 5.32 Å². The molecule has 0 aliphatic heterocycles. The van der Waals surface area contributed by atoms with Crippen molar-refractivity contribution >= 4 is 5.91 Å². The number of aliphatic hydroxyl groups is 1. The summed E-state index contributed by atoms with van der Waals surface area (Å²) < 4.78 is 0. The third-order valence-corrected chi connectivity index (χ3v) is 4.33. The van der Waals surface area contributed by atoms with E-state index in [1.807, 2.05) is 6.92 Å². The van der Waals surface area contributed by atoms with Crippen LogP contribution in [-0.4, -0.2) is 23.2 Å². The Labute approximate surface area is 143 Å². The highest BCUT2D eigenvalue weighted by Gasteiger charge is 2.13. The van der Waals surface area contributed by atoms with E-state index in [1.165, 1.54) is 71.1 Å². The minimum atomic E-state index is -0.423. The zero-order valence-corrected chi connectivity index (χ0v) is 15.3. The molecule has 0 rings (SSSR count). The molecule has 23 heavy (non-hydrogen) atoms. The van der Waals surface area contributed by atoms with Gasteiger partial charge in [-0.3, -0.25) is 4.79 Å². The number of carbonyl (C=O) groups excluding carboxylic acids is 1. The highest BCUT2D eigenvalue weighted by molar-refractivity contribution is 5.73. The fourth-order valence-corrected chi connectivity index (χ4v) is 2.84. The number of hydrogen-bond donors (Lipinski definition) is 2. The fraction of sp³-hybridized carbons (Fsp3) is 0.850. The summed E-state index contributed by atoms with van der Waals surface area (Å²) in [4.78, 5) is 10.9. The first-order valence-electron chi connectivity index (χ1n) is 9.46. The second-order valence-corrected chi connectivity index (χ2v) is 6.69. The Bertz CT molecular complexity index is 322. The van der Waals surface area contributed by atoms with Gasteiger partial charge < -0.3 is 10.4 Å². The quantitative estimate of drug-likeness (QED) is 0.342. The molecule has 3 heteroatoms. The molecule has 0 aromatic heterocycles. The molecular formula is C20H37NO2. The summed E-state index contributed by atoms with van der Waals surface area (Å²) in [6, 6.07) is -0.145. The van der Waals surface area contributed by atoms with Gasteiger partial charge in [-0.05, 0) is 19.8 Å². The van der Waals surface area contributed by atoms with Crippen LogP contribution in [0.25, 0.3) is 0 Å². The van der Waals surface area contributed by atoms with E-state index in [0.717, 1.165) is 19.3 Å². The van der Waals surface area contributed by atoms with Crippen LogP contribution in [0.3, 0.4) is 0 Å². The van der Waals surface area contributed by atoms with Crippen molar-refractivity contribution in [3.05, 3.63) is 0 Å². The summed E-state index contributed by atoms with van der Waals surface area (Å²) in [6.07, 6.45) is 20.4. The first kappa shape index (κ1) is 22.0. The molecule has 1 amide bonds. The van der Waals surface area contributed by atoms with E-state index in [-0.39, 0.29) is 11.9 Å². The minimum Gasteiger partial charge on any atom is -0.391 e. The Hall–Kier alpha value is -1.01. The van der Waals surface area contributed by atoms with Gasteiger partial charge in [-0.25, -0.2) is 0 Å². The third kappa shape index (κ3) is 15.7. The molecule has 0 saturated carbocycles. The fourth-order valence-electron chi connectivity index (χ4n) is 2.84. The molecule has 0 aromatic rings. The second-order valence-electron chi connectivity index (χ2n) is 6.69. The van der Waals surface area contributed by atoms with Gasteiger partial charge in [0, 0.05) is 13.3 Å². The van der Waals surface area contributed by atoms with Crippen LogP contribution in [-0.2, 0) is 4.79 Å². The van der Waals surface area contributed by atoms with E-state index in [4.69, 9.17) is 6.42 Å². The molecule has 0 fully saturated rings. The largest absolute Gasteiger partial charge is 0.391 e. The van der Waals surface area contributed by atoms with E-state index in [0.29, 0.717) is 0 Å². The predicted molar refractivity (Wildman–Crippen MR) is 98.1 cm³/mol. The third-order valence-electron chi connectivity index (χ3n) is 4.33. The molecule has 0 spiro atoms. The normalized spacial score (nSPS) is 13.3. The molecule has 0 bridgehead atoms. The SMILES string of the molecule is C#CCCCCCCCCCCCCCC(O)C(C)NC(C)=O. The Kier molecular flexibility index (Phi) is 15.2. The monoisotopic (exact) mass is 323 g/mol. The number of carbonyl (C=O) groups is 1. The highest BCUT2D eigenvalue weighted by atomic mass is 16.3. The smallest absolute Gasteiger partial charge is 0.217 e. The predicted octanol–water partition coefficient (Wildman–Crippen LogP) is 4.58. The zero-order chi connectivity index (χ0) is 17.3.